The van der Waals surface area contributed by atoms with Crippen LogP contribution in [0.2, 0.25) is 0 Å². The first-order valence-electron chi connectivity index (χ1n) is 8.45. The first-order valence-corrected chi connectivity index (χ1v) is 8.45. The number of halogens is 2. The van der Waals surface area contributed by atoms with Gasteiger partial charge in [-0.15, -0.1) is 4.98 Å². The van der Waals surface area contributed by atoms with Gasteiger partial charge in [0.15, 0.2) is 0 Å². The largest absolute Gasteiger partial charge is 0.361 e. The van der Waals surface area contributed by atoms with E-state index < -0.39 is 5.92 Å². The summed E-state index contributed by atoms with van der Waals surface area (Å²) < 4.78 is 28.4. The third kappa shape index (κ3) is 3.24. The Balaban J connectivity index is 1.60. The minimum atomic E-state index is -2.68. The van der Waals surface area contributed by atoms with Crippen molar-refractivity contribution in [3.05, 3.63) is 59.8 Å². The molecular formula is C19H15F2N5O. The summed E-state index contributed by atoms with van der Waals surface area (Å²) >= 11 is 0. The van der Waals surface area contributed by atoms with Gasteiger partial charge in [-0.3, -0.25) is 9.20 Å². The number of aromatic nitrogens is 3. The van der Waals surface area contributed by atoms with E-state index in [9.17, 15) is 13.6 Å². The number of imidazole rings is 1. The van der Waals surface area contributed by atoms with E-state index in [-0.39, 0.29) is 31.8 Å². The van der Waals surface area contributed by atoms with Crippen molar-refractivity contribution in [2.24, 2.45) is 0 Å². The number of pyridine rings is 2. The molecule has 1 aliphatic heterocycles. The third-order valence-corrected chi connectivity index (χ3v) is 4.70. The highest BCUT2D eigenvalue weighted by Crippen LogP contribution is 2.29. The predicted molar refractivity (Wildman–Crippen MR) is 94.8 cm³/mol. The average Bonchev–Trinajstić information content (AvgIpc) is 3.10. The highest BCUT2D eigenvalue weighted by molar-refractivity contribution is 5.95. The molecule has 3 aromatic rings. The summed E-state index contributed by atoms with van der Waals surface area (Å²) in [5, 5.41) is 0. The molecule has 8 heteroatoms. The maximum absolute atomic E-state index is 13.3. The molecule has 0 radical (unpaired) electrons. The Morgan fingerprint density at radius 3 is 2.59 bits per heavy atom. The Kier molecular flexibility index (Phi) is 4.07. The first kappa shape index (κ1) is 17.1. The lowest BCUT2D eigenvalue weighted by Crippen LogP contribution is -2.42. The van der Waals surface area contributed by atoms with Crippen molar-refractivity contribution in [1.29, 1.82) is 0 Å². The van der Waals surface area contributed by atoms with Crippen molar-refractivity contribution in [2.45, 2.75) is 18.8 Å². The van der Waals surface area contributed by atoms with Crippen LogP contribution < -0.4 is 0 Å². The molecule has 136 valence electrons. The number of carbonyl (C=O) groups excluding carboxylic acids is 1. The number of nitrogens with zero attached hydrogens (tertiary/aromatic N) is 5. The molecule has 0 atom stereocenters. The van der Waals surface area contributed by atoms with Crippen LogP contribution in [-0.2, 0) is 0 Å². The maximum Gasteiger partial charge on any atom is 0.269 e. The van der Waals surface area contributed by atoms with Crippen molar-refractivity contribution in [1.82, 2.24) is 19.3 Å². The van der Waals surface area contributed by atoms with Gasteiger partial charge in [0.1, 0.15) is 11.8 Å². The summed E-state index contributed by atoms with van der Waals surface area (Å²) in [4.78, 5) is 25.7. The van der Waals surface area contributed by atoms with E-state index in [2.05, 4.69) is 14.8 Å². The molecule has 0 aromatic carbocycles. The van der Waals surface area contributed by atoms with Crippen LogP contribution in [-0.4, -0.2) is 44.2 Å². The fourth-order valence-electron chi connectivity index (χ4n) is 3.15. The molecule has 1 amide bonds. The lowest BCUT2D eigenvalue weighted by molar-refractivity contribution is -0.0494. The minimum Gasteiger partial charge on any atom is -0.361 e. The Morgan fingerprint density at radius 2 is 1.93 bits per heavy atom. The maximum atomic E-state index is 13.3. The van der Waals surface area contributed by atoms with Gasteiger partial charge in [-0.1, -0.05) is 12.6 Å². The lowest BCUT2D eigenvalue weighted by atomic mass is 10.1. The zero-order chi connectivity index (χ0) is 19.0. The Bertz CT molecular complexity index is 1040. The van der Waals surface area contributed by atoms with Gasteiger partial charge in [-0.05, 0) is 18.2 Å². The minimum absolute atomic E-state index is 0.0514. The zero-order valence-corrected chi connectivity index (χ0v) is 14.3. The molecule has 0 unspecified atom stereocenters. The van der Waals surface area contributed by atoms with E-state index in [0.717, 1.165) is 11.3 Å². The van der Waals surface area contributed by atoms with E-state index in [4.69, 9.17) is 6.57 Å². The first-order chi connectivity index (χ1) is 13.0. The molecule has 4 heterocycles. The van der Waals surface area contributed by atoms with Crippen molar-refractivity contribution < 1.29 is 13.6 Å². The Labute approximate surface area is 153 Å². The molecule has 3 aromatic heterocycles. The third-order valence-electron chi connectivity index (χ3n) is 4.70. The summed E-state index contributed by atoms with van der Waals surface area (Å²) in [5.74, 6) is -2.64. The standard InChI is InChI=1S/C19H15F2N5O/c1-22-16-3-2-14(11-23-16)15-12-24-17-10-13(4-7-26(15)17)18(27)25-8-5-19(20,21)6-9-25/h2-4,7,10-12H,5-6,8-9H2. The topological polar surface area (TPSA) is 54.9 Å². The number of alkyl halides is 2. The number of hydrogen-bond donors (Lipinski definition) is 0. The highest BCUT2D eigenvalue weighted by Gasteiger charge is 2.35. The van der Waals surface area contributed by atoms with Gasteiger partial charge in [0.05, 0.1) is 11.9 Å². The van der Waals surface area contributed by atoms with Crippen molar-refractivity contribution in [3.8, 4) is 11.3 Å². The number of amides is 1. The van der Waals surface area contributed by atoms with E-state index in [1.807, 2.05) is 4.40 Å². The van der Waals surface area contributed by atoms with Crippen LogP contribution in [0.1, 0.15) is 23.2 Å². The Hall–Kier alpha value is -3.34. The second-order valence-corrected chi connectivity index (χ2v) is 6.45. The number of rotatable bonds is 2. The smallest absolute Gasteiger partial charge is 0.269 e. The molecule has 0 bridgehead atoms. The van der Waals surface area contributed by atoms with Crippen LogP contribution in [0.5, 0.6) is 0 Å². The van der Waals surface area contributed by atoms with E-state index in [1.165, 1.54) is 4.90 Å². The number of hydrogen-bond acceptors (Lipinski definition) is 3. The summed E-state index contributed by atoms with van der Waals surface area (Å²) in [6, 6.07) is 6.73. The van der Waals surface area contributed by atoms with Crippen LogP contribution >= 0.6 is 0 Å². The van der Waals surface area contributed by atoms with E-state index in [0.29, 0.717) is 17.0 Å². The summed E-state index contributed by atoms with van der Waals surface area (Å²) in [6.45, 7) is 7.06. The molecule has 0 aliphatic carbocycles. The number of fused-ring (bicyclic) bond motifs is 1. The zero-order valence-electron chi connectivity index (χ0n) is 14.3. The van der Waals surface area contributed by atoms with E-state index >= 15 is 0 Å². The SMILES string of the molecule is [C-]#[N+]c1ccc(-c2cnc3cc(C(=O)N4CCC(F)(F)CC4)ccn23)cn1. The van der Waals surface area contributed by atoms with E-state index in [1.54, 1.807) is 42.9 Å². The molecular weight excluding hydrogens is 352 g/mol. The number of carbonyl (C=O) groups is 1. The van der Waals surface area contributed by atoms with Gasteiger partial charge in [-0.25, -0.2) is 13.8 Å². The van der Waals surface area contributed by atoms with Gasteiger partial charge in [0.2, 0.25) is 0 Å². The molecule has 27 heavy (non-hydrogen) atoms. The van der Waals surface area contributed by atoms with Gasteiger partial charge >= 0.3 is 0 Å². The quantitative estimate of drug-likeness (QED) is 0.647. The van der Waals surface area contributed by atoms with Crippen molar-refractivity contribution >= 4 is 17.4 Å². The molecule has 1 saturated heterocycles. The molecule has 1 aliphatic rings. The molecule has 0 spiro atoms. The van der Waals surface area contributed by atoms with Crippen LogP contribution in [0.15, 0.2) is 42.9 Å². The average molecular weight is 367 g/mol. The molecule has 6 nitrogen and oxygen atoms in total. The van der Waals surface area contributed by atoms with Crippen molar-refractivity contribution in [3.63, 3.8) is 0 Å². The van der Waals surface area contributed by atoms with Gasteiger partial charge in [0.25, 0.3) is 17.6 Å². The Morgan fingerprint density at radius 1 is 1.15 bits per heavy atom. The normalized spacial score (nSPS) is 16.3. The number of likely N-dealkylation sites (tertiary alicyclic amines) is 1. The van der Waals surface area contributed by atoms with Crippen LogP contribution in [0.4, 0.5) is 14.6 Å². The van der Waals surface area contributed by atoms with Crippen LogP contribution in [0, 0.1) is 6.57 Å². The summed E-state index contributed by atoms with van der Waals surface area (Å²) in [6.07, 6.45) is 4.39. The predicted octanol–water partition coefficient (Wildman–Crippen LogP) is 3.82. The lowest BCUT2D eigenvalue weighted by Gasteiger charge is -2.31. The summed E-state index contributed by atoms with van der Waals surface area (Å²) in [7, 11) is 0. The summed E-state index contributed by atoms with van der Waals surface area (Å²) in [5.41, 5.74) is 2.58. The van der Waals surface area contributed by atoms with Crippen molar-refractivity contribution in [2.75, 3.05) is 13.1 Å². The second kappa shape index (κ2) is 6.43. The van der Waals surface area contributed by atoms with Gasteiger partial charge in [0, 0.05) is 43.3 Å². The molecule has 0 saturated carbocycles. The van der Waals surface area contributed by atoms with Crippen LogP contribution in [0.3, 0.4) is 0 Å². The van der Waals surface area contributed by atoms with Gasteiger partial charge in [-0.2, -0.15) is 0 Å². The molecule has 0 N–H and O–H groups in total. The molecule has 1 fully saturated rings. The second-order valence-electron chi connectivity index (χ2n) is 6.45. The number of piperidine rings is 1. The van der Waals surface area contributed by atoms with Crippen LogP contribution in [0.25, 0.3) is 21.7 Å². The van der Waals surface area contributed by atoms with Gasteiger partial charge < -0.3 is 9.74 Å². The fourth-order valence-corrected chi connectivity index (χ4v) is 3.15. The highest BCUT2D eigenvalue weighted by atomic mass is 19.3. The molecule has 4 rings (SSSR count). The monoisotopic (exact) mass is 367 g/mol. The fraction of sp³-hybridized carbons (Fsp3) is 0.263.